The Balaban J connectivity index is 2.82. The lowest BCUT2D eigenvalue weighted by molar-refractivity contribution is -0.160. The minimum absolute atomic E-state index is 0.345. The Bertz CT molecular complexity index is 408. The highest BCUT2D eigenvalue weighted by Crippen LogP contribution is 2.30. The molecule has 1 aliphatic carbocycles. The maximum Gasteiger partial charge on any atom is 0.408 e. The molecule has 0 aromatic rings. The van der Waals surface area contributed by atoms with Gasteiger partial charge in [0.2, 0.25) is 0 Å². The van der Waals surface area contributed by atoms with Gasteiger partial charge < -0.3 is 19.9 Å². The molecule has 2 N–H and O–H groups in total. The number of alkyl carbamates (subject to hydrolysis) is 1. The van der Waals surface area contributed by atoms with Gasteiger partial charge in [0.15, 0.2) is 0 Å². The summed E-state index contributed by atoms with van der Waals surface area (Å²) in [7, 11) is 0. The molecule has 0 aromatic heterocycles. The number of amides is 1. The fraction of sp³-hybridized carbons (Fsp3) is 0.875. The molecule has 1 unspecified atom stereocenters. The Morgan fingerprint density at radius 2 is 1.59 bits per heavy atom. The largest absolute Gasteiger partial charge is 0.458 e. The zero-order chi connectivity index (χ0) is 17.1. The number of aliphatic hydroxyl groups excluding tert-OH is 1. The van der Waals surface area contributed by atoms with Crippen molar-refractivity contribution in [3.8, 4) is 0 Å². The summed E-state index contributed by atoms with van der Waals surface area (Å²) < 4.78 is 10.6. The molecule has 0 heterocycles. The van der Waals surface area contributed by atoms with Gasteiger partial charge in [0.25, 0.3) is 0 Å². The second kappa shape index (κ2) is 6.86. The van der Waals surface area contributed by atoms with Crippen LogP contribution in [0.2, 0.25) is 0 Å². The van der Waals surface area contributed by atoms with E-state index in [9.17, 15) is 14.7 Å². The molecule has 0 bridgehead atoms. The summed E-state index contributed by atoms with van der Waals surface area (Å²) in [4.78, 5) is 24.4. The van der Waals surface area contributed by atoms with Gasteiger partial charge in [-0.2, -0.15) is 0 Å². The van der Waals surface area contributed by atoms with Crippen LogP contribution < -0.4 is 5.32 Å². The van der Waals surface area contributed by atoms with Crippen molar-refractivity contribution in [3.05, 3.63) is 0 Å². The topological polar surface area (TPSA) is 84.9 Å². The number of esters is 1. The Kier molecular flexibility index (Phi) is 5.84. The standard InChI is InChI=1S/C16H29NO5/c1-15(2,3)21-13(19)12(10-8-7-9-11(10)18)17-14(20)22-16(4,5)6/h10-12,18H,7-9H2,1-6H3,(H,17,20)/t10?,11-,12+/m0/s1. The third kappa shape index (κ3) is 6.22. The molecule has 1 aliphatic rings. The number of carbonyl (C=O) groups excluding carboxylic acids is 2. The highest BCUT2D eigenvalue weighted by molar-refractivity contribution is 5.82. The molecule has 1 amide bonds. The number of hydrogen-bond acceptors (Lipinski definition) is 5. The normalized spacial score (nSPS) is 23.8. The van der Waals surface area contributed by atoms with Crippen molar-refractivity contribution >= 4 is 12.1 Å². The van der Waals surface area contributed by atoms with Crippen molar-refractivity contribution in [1.29, 1.82) is 0 Å². The van der Waals surface area contributed by atoms with Crippen LogP contribution in [0.5, 0.6) is 0 Å². The molecular formula is C16H29NO5. The minimum atomic E-state index is -0.897. The zero-order valence-electron chi connectivity index (χ0n) is 14.4. The highest BCUT2D eigenvalue weighted by Gasteiger charge is 2.40. The van der Waals surface area contributed by atoms with Crippen LogP contribution in [0.3, 0.4) is 0 Å². The molecule has 3 atom stereocenters. The van der Waals surface area contributed by atoms with Crippen molar-refractivity contribution in [2.24, 2.45) is 5.92 Å². The molecular weight excluding hydrogens is 286 g/mol. The molecule has 0 saturated heterocycles. The van der Waals surface area contributed by atoms with Crippen LogP contribution >= 0.6 is 0 Å². The van der Waals surface area contributed by atoms with Crippen molar-refractivity contribution in [2.45, 2.75) is 84.2 Å². The van der Waals surface area contributed by atoms with E-state index < -0.39 is 35.4 Å². The smallest absolute Gasteiger partial charge is 0.408 e. The average Bonchev–Trinajstić information content (AvgIpc) is 2.67. The number of ether oxygens (including phenoxy) is 2. The van der Waals surface area contributed by atoms with Crippen LogP contribution in [0.1, 0.15) is 60.8 Å². The lowest BCUT2D eigenvalue weighted by atomic mass is 9.96. The summed E-state index contributed by atoms with van der Waals surface area (Å²) in [6.45, 7) is 10.5. The van der Waals surface area contributed by atoms with Gasteiger partial charge in [-0.1, -0.05) is 6.42 Å². The van der Waals surface area contributed by atoms with Gasteiger partial charge in [-0.3, -0.25) is 0 Å². The SMILES string of the molecule is CC(C)(C)OC(=O)N[C@@H](C(=O)OC(C)(C)C)C1CCC[C@@H]1O. The third-order valence-electron chi connectivity index (χ3n) is 3.29. The maximum absolute atomic E-state index is 12.4. The predicted octanol–water partition coefficient (Wildman–Crippen LogP) is 2.38. The first kappa shape index (κ1) is 18.7. The van der Waals surface area contributed by atoms with E-state index in [1.54, 1.807) is 41.5 Å². The summed E-state index contributed by atoms with van der Waals surface area (Å²) in [6, 6.07) is -0.897. The number of rotatable bonds is 3. The molecule has 1 fully saturated rings. The molecule has 0 radical (unpaired) electrons. The molecule has 1 rings (SSSR count). The lowest BCUT2D eigenvalue weighted by Gasteiger charge is -2.30. The Morgan fingerprint density at radius 3 is 2.00 bits per heavy atom. The van der Waals surface area contributed by atoms with Crippen LogP contribution in [0.25, 0.3) is 0 Å². The zero-order valence-corrected chi connectivity index (χ0v) is 14.4. The number of nitrogens with one attached hydrogen (secondary N) is 1. The maximum atomic E-state index is 12.4. The Morgan fingerprint density at radius 1 is 1.05 bits per heavy atom. The van der Waals surface area contributed by atoms with Crippen LogP contribution in [0.15, 0.2) is 0 Å². The van der Waals surface area contributed by atoms with Gasteiger partial charge in [0.05, 0.1) is 6.10 Å². The first-order valence-electron chi connectivity index (χ1n) is 7.79. The number of aliphatic hydroxyl groups is 1. The van der Waals surface area contributed by atoms with Gasteiger partial charge in [0.1, 0.15) is 17.2 Å². The fourth-order valence-electron chi connectivity index (χ4n) is 2.50. The van der Waals surface area contributed by atoms with E-state index in [1.807, 2.05) is 0 Å². The van der Waals surface area contributed by atoms with Gasteiger partial charge in [-0.05, 0) is 54.4 Å². The summed E-state index contributed by atoms with van der Waals surface area (Å²) >= 11 is 0. The van der Waals surface area contributed by atoms with Gasteiger partial charge >= 0.3 is 12.1 Å². The van der Waals surface area contributed by atoms with E-state index >= 15 is 0 Å². The van der Waals surface area contributed by atoms with Crippen molar-refractivity contribution < 1.29 is 24.2 Å². The minimum Gasteiger partial charge on any atom is -0.458 e. The molecule has 0 spiro atoms. The highest BCUT2D eigenvalue weighted by atomic mass is 16.6. The van der Waals surface area contributed by atoms with Crippen molar-refractivity contribution in [1.82, 2.24) is 5.32 Å². The molecule has 6 heteroatoms. The van der Waals surface area contributed by atoms with Crippen LogP contribution in [0.4, 0.5) is 4.79 Å². The first-order chi connectivity index (χ1) is 9.89. The lowest BCUT2D eigenvalue weighted by Crippen LogP contribution is -2.51. The van der Waals surface area contributed by atoms with Crippen LogP contribution in [-0.2, 0) is 14.3 Å². The summed E-state index contributed by atoms with van der Waals surface area (Å²) in [5.74, 6) is -0.883. The van der Waals surface area contributed by atoms with E-state index in [1.165, 1.54) is 0 Å². The molecule has 6 nitrogen and oxygen atoms in total. The number of carbonyl (C=O) groups is 2. The molecule has 0 aromatic carbocycles. The Labute approximate surface area is 132 Å². The first-order valence-corrected chi connectivity index (χ1v) is 7.79. The van der Waals surface area contributed by atoms with Gasteiger partial charge in [0, 0.05) is 5.92 Å². The van der Waals surface area contributed by atoms with Gasteiger partial charge in [-0.15, -0.1) is 0 Å². The van der Waals surface area contributed by atoms with Crippen molar-refractivity contribution in [2.75, 3.05) is 0 Å². The molecule has 1 saturated carbocycles. The average molecular weight is 315 g/mol. The second-order valence-corrected chi connectivity index (χ2v) is 7.82. The van der Waals surface area contributed by atoms with Crippen LogP contribution in [-0.4, -0.2) is 40.5 Å². The van der Waals surface area contributed by atoms with E-state index in [0.717, 1.165) is 6.42 Å². The summed E-state index contributed by atoms with van der Waals surface area (Å²) in [5, 5.41) is 12.6. The fourth-order valence-corrected chi connectivity index (χ4v) is 2.50. The molecule has 0 aliphatic heterocycles. The van der Waals surface area contributed by atoms with Crippen LogP contribution in [0, 0.1) is 5.92 Å². The van der Waals surface area contributed by atoms with E-state index in [2.05, 4.69) is 5.32 Å². The molecule has 22 heavy (non-hydrogen) atoms. The quantitative estimate of drug-likeness (QED) is 0.781. The van der Waals surface area contributed by atoms with E-state index in [4.69, 9.17) is 9.47 Å². The second-order valence-electron chi connectivity index (χ2n) is 7.82. The van der Waals surface area contributed by atoms with Crippen molar-refractivity contribution in [3.63, 3.8) is 0 Å². The molecule has 128 valence electrons. The third-order valence-corrected chi connectivity index (χ3v) is 3.29. The summed E-state index contributed by atoms with van der Waals surface area (Å²) in [5.41, 5.74) is -1.31. The predicted molar refractivity (Wildman–Crippen MR) is 82.4 cm³/mol. The summed E-state index contributed by atoms with van der Waals surface area (Å²) in [6.07, 6.45) is 0.817. The van der Waals surface area contributed by atoms with E-state index in [-0.39, 0.29) is 5.92 Å². The number of hydrogen-bond donors (Lipinski definition) is 2. The Hall–Kier alpha value is -1.30. The monoisotopic (exact) mass is 315 g/mol. The van der Waals surface area contributed by atoms with E-state index in [0.29, 0.717) is 12.8 Å². The van der Waals surface area contributed by atoms with Gasteiger partial charge in [-0.25, -0.2) is 9.59 Å².